The van der Waals surface area contributed by atoms with E-state index in [0.29, 0.717) is 22.2 Å². The molecule has 7 heteroatoms. The van der Waals surface area contributed by atoms with Crippen molar-refractivity contribution >= 4 is 46.3 Å². The number of hydrogen-bond acceptors (Lipinski definition) is 5. The largest absolute Gasteiger partial charge is 0.494 e. The number of rotatable bonds is 13. The lowest BCUT2D eigenvalue weighted by atomic mass is 10.2. The summed E-state index contributed by atoms with van der Waals surface area (Å²) in [5.41, 5.74) is 0.935. The number of thiocarbonyl (C=S) groups is 1. The molecule has 0 aromatic heterocycles. The van der Waals surface area contributed by atoms with Gasteiger partial charge in [-0.3, -0.25) is 14.5 Å². The number of thioether (sulfide) groups is 1. The van der Waals surface area contributed by atoms with Crippen molar-refractivity contribution < 1.29 is 19.4 Å². The van der Waals surface area contributed by atoms with Crippen LogP contribution in [0, 0.1) is 0 Å². The van der Waals surface area contributed by atoms with Gasteiger partial charge < -0.3 is 9.84 Å². The summed E-state index contributed by atoms with van der Waals surface area (Å²) in [6.07, 6.45) is 8.86. The fourth-order valence-electron chi connectivity index (χ4n) is 2.95. The summed E-state index contributed by atoms with van der Waals surface area (Å²) in [6, 6.07) is 7.74. The minimum Gasteiger partial charge on any atom is -0.494 e. The van der Waals surface area contributed by atoms with Crippen molar-refractivity contribution in [1.82, 2.24) is 4.90 Å². The van der Waals surface area contributed by atoms with Crippen molar-refractivity contribution in [3.05, 3.63) is 34.7 Å². The Labute approximate surface area is 182 Å². The molecule has 2 rings (SSSR count). The number of unbranched alkanes of at least 4 members (excludes halogenated alkanes) is 5. The first-order valence-electron chi connectivity index (χ1n) is 10.2. The van der Waals surface area contributed by atoms with Gasteiger partial charge in [-0.05, 0) is 43.0 Å². The van der Waals surface area contributed by atoms with E-state index < -0.39 is 5.97 Å². The van der Waals surface area contributed by atoms with E-state index in [0.717, 1.165) is 37.2 Å². The third kappa shape index (κ3) is 8.19. The number of carboxylic acids is 1. The Morgan fingerprint density at radius 1 is 1.14 bits per heavy atom. The smallest absolute Gasteiger partial charge is 0.303 e. The molecule has 0 unspecified atom stereocenters. The molecule has 1 aromatic carbocycles. The Morgan fingerprint density at radius 3 is 2.55 bits per heavy atom. The number of hydrogen-bond donors (Lipinski definition) is 1. The minimum atomic E-state index is -0.786. The van der Waals surface area contributed by atoms with Gasteiger partial charge in [-0.1, -0.05) is 68.7 Å². The number of carboxylic acid groups (broad SMARTS) is 1. The maximum atomic E-state index is 12.6. The molecule has 0 bridgehead atoms. The quantitative estimate of drug-likeness (QED) is 0.251. The SMILES string of the molecule is CCCCCCOc1ccc(/C=C2\SC(=S)N(CCCCCC(=O)O)C2=O)cc1. The fourth-order valence-corrected chi connectivity index (χ4v) is 4.25. The molecule has 1 heterocycles. The molecular weight excluding hydrogens is 406 g/mol. The molecule has 0 aliphatic carbocycles. The lowest BCUT2D eigenvalue weighted by Gasteiger charge is -2.13. The van der Waals surface area contributed by atoms with E-state index >= 15 is 0 Å². The van der Waals surface area contributed by atoms with E-state index in [1.54, 1.807) is 4.90 Å². The van der Waals surface area contributed by atoms with Crippen LogP contribution in [-0.2, 0) is 9.59 Å². The summed E-state index contributed by atoms with van der Waals surface area (Å²) in [7, 11) is 0. The maximum absolute atomic E-state index is 12.6. The first-order chi connectivity index (χ1) is 14.0. The Balaban J connectivity index is 1.82. The van der Waals surface area contributed by atoms with E-state index in [1.807, 2.05) is 30.3 Å². The fraction of sp³-hybridized carbons (Fsp3) is 0.500. The molecular formula is C22H29NO4S2. The highest BCUT2D eigenvalue weighted by molar-refractivity contribution is 8.26. The number of benzene rings is 1. The number of nitrogens with zero attached hydrogens (tertiary/aromatic N) is 1. The van der Waals surface area contributed by atoms with Crippen LogP contribution in [0.2, 0.25) is 0 Å². The maximum Gasteiger partial charge on any atom is 0.303 e. The van der Waals surface area contributed by atoms with Crippen LogP contribution < -0.4 is 4.74 Å². The normalized spacial score (nSPS) is 15.3. The average molecular weight is 436 g/mol. The molecule has 158 valence electrons. The van der Waals surface area contributed by atoms with Gasteiger partial charge in [-0.25, -0.2) is 0 Å². The van der Waals surface area contributed by atoms with Gasteiger partial charge in [0.2, 0.25) is 0 Å². The molecule has 0 radical (unpaired) electrons. The second-order valence-electron chi connectivity index (χ2n) is 7.02. The predicted octanol–water partition coefficient (Wildman–Crippen LogP) is 5.49. The van der Waals surface area contributed by atoms with E-state index in [-0.39, 0.29) is 12.3 Å². The highest BCUT2D eigenvalue weighted by Crippen LogP contribution is 2.33. The van der Waals surface area contributed by atoms with Crippen LogP contribution in [0.5, 0.6) is 5.75 Å². The molecule has 5 nitrogen and oxygen atoms in total. The summed E-state index contributed by atoms with van der Waals surface area (Å²) < 4.78 is 6.31. The highest BCUT2D eigenvalue weighted by atomic mass is 32.2. The molecule has 1 aromatic rings. The van der Waals surface area contributed by atoms with Gasteiger partial charge in [-0.2, -0.15) is 0 Å². The van der Waals surface area contributed by atoms with Gasteiger partial charge in [0.25, 0.3) is 5.91 Å². The second-order valence-corrected chi connectivity index (χ2v) is 8.69. The lowest BCUT2D eigenvalue weighted by molar-refractivity contribution is -0.137. The lowest BCUT2D eigenvalue weighted by Crippen LogP contribution is -2.29. The number of aliphatic carboxylic acids is 1. The third-order valence-electron chi connectivity index (χ3n) is 4.59. The van der Waals surface area contributed by atoms with Crippen LogP contribution >= 0.6 is 24.0 Å². The van der Waals surface area contributed by atoms with Crippen LogP contribution in [0.25, 0.3) is 6.08 Å². The summed E-state index contributed by atoms with van der Waals surface area (Å²) >= 11 is 6.66. The molecule has 1 saturated heterocycles. The zero-order valence-corrected chi connectivity index (χ0v) is 18.5. The zero-order chi connectivity index (χ0) is 21.1. The Kier molecular flexibility index (Phi) is 10.2. The highest BCUT2D eigenvalue weighted by Gasteiger charge is 2.31. The average Bonchev–Trinajstić information content (AvgIpc) is 2.96. The topological polar surface area (TPSA) is 66.8 Å². The first kappa shape index (κ1) is 23.4. The van der Waals surface area contributed by atoms with Gasteiger partial charge in [0.15, 0.2) is 0 Å². The number of amides is 1. The van der Waals surface area contributed by atoms with E-state index in [2.05, 4.69) is 6.92 Å². The summed E-state index contributed by atoms with van der Waals surface area (Å²) in [5, 5.41) is 8.67. The number of ether oxygens (including phenoxy) is 1. The molecule has 1 amide bonds. The molecule has 0 saturated carbocycles. The molecule has 0 atom stereocenters. The Hall–Kier alpha value is -1.86. The van der Waals surface area contributed by atoms with Crippen molar-refractivity contribution in [2.24, 2.45) is 0 Å². The second kappa shape index (κ2) is 12.6. The van der Waals surface area contributed by atoms with Gasteiger partial charge in [0, 0.05) is 13.0 Å². The molecule has 1 aliphatic heterocycles. The van der Waals surface area contributed by atoms with Gasteiger partial charge in [0.05, 0.1) is 11.5 Å². The van der Waals surface area contributed by atoms with Gasteiger partial charge in [0.1, 0.15) is 10.1 Å². The van der Waals surface area contributed by atoms with Crippen molar-refractivity contribution in [3.8, 4) is 5.75 Å². The molecule has 1 fully saturated rings. The number of carbonyl (C=O) groups is 2. The van der Waals surface area contributed by atoms with Crippen molar-refractivity contribution in [2.45, 2.75) is 58.3 Å². The van der Waals surface area contributed by atoms with Gasteiger partial charge >= 0.3 is 5.97 Å². The van der Waals surface area contributed by atoms with Crippen LogP contribution in [0.15, 0.2) is 29.2 Å². The number of carbonyl (C=O) groups excluding carboxylic acids is 1. The van der Waals surface area contributed by atoms with E-state index in [9.17, 15) is 9.59 Å². The summed E-state index contributed by atoms with van der Waals surface area (Å²) in [4.78, 5) is 25.4. The predicted molar refractivity (Wildman–Crippen MR) is 122 cm³/mol. The Morgan fingerprint density at radius 2 is 1.86 bits per heavy atom. The third-order valence-corrected chi connectivity index (χ3v) is 5.97. The van der Waals surface area contributed by atoms with Gasteiger partial charge in [-0.15, -0.1) is 0 Å². The van der Waals surface area contributed by atoms with Crippen LogP contribution in [0.1, 0.15) is 63.9 Å². The molecule has 1 aliphatic rings. The van der Waals surface area contributed by atoms with E-state index in [1.165, 1.54) is 31.0 Å². The first-order valence-corrected chi connectivity index (χ1v) is 11.4. The molecule has 0 spiro atoms. The van der Waals surface area contributed by atoms with E-state index in [4.69, 9.17) is 22.1 Å². The van der Waals surface area contributed by atoms with Crippen LogP contribution in [-0.4, -0.2) is 39.4 Å². The van der Waals surface area contributed by atoms with Crippen LogP contribution in [0.3, 0.4) is 0 Å². The zero-order valence-electron chi connectivity index (χ0n) is 16.9. The van der Waals surface area contributed by atoms with Crippen molar-refractivity contribution in [1.29, 1.82) is 0 Å². The monoisotopic (exact) mass is 435 g/mol. The summed E-state index contributed by atoms with van der Waals surface area (Å²) in [5.74, 6) is -0.0199. The molecule has 1 N–H and O–H groups in total. The van der Waals surface area contributed by atoms with Crippen LogP contribution in [0.4, 0.5) is 0 Å². The molecule has 29 heavy (non-hydrogen) atoms. The Bertz CT molecular complexity index is 731. The van der Waals surface area contributed by atoms with Crippen molar-refractivity contribution in [3.63, 3.8) is 0 Å². The summed E-state index contributed by atoms with van der Waals surface area (Å²) in [6.45, 7) is 3.45. The van der Waals surface area contributed by atoms with Crippen molar-refractivity contribution in [2.75, 3.05) is 13.2 Å². The standard InChI is InChI=1S/C22H29NO4S2/c1-2-3-4-8-15-27-18-12-10-17(11-13-18)16-19-21(26)23(22(28)29-19)14-7-5-6-9-20(24)25/h10-13,16H,2-9,14-15H2,1H3,(H,24,25)/b19-16-. The minimum absolute atomic E-state index is 0.0746.